The van der Waals surface area contributed by atoms with Gasteiger partial charge in [-0.2, -0.15) is 5.26 Å². The third kappa shape index (κ3) is 4.33. The molecule has 0 fully saturated rings. The van der Waals surface area contributed by atoms with Gasteiger partial charge in [-0.05, 0) is 25.1 Å². The van der Waals surface area contributed by atoms with Gasteiger partial charge < -0.3 is 4.90 Å². The van der Waals surface area contributed by atoms with Crippen molar-refractivity contribution < 1.29 is 0 Å². The molecule has 3 nitrogen and oxygen atoms in total. The predicted molar refractivity (Wildman–Crippen MR) is 84.4 cm³/mol. The molecule has 0 spiro atoms. The van der Waals surface area contributed by atoms with E-state index in [1.54, 1.807) is 0 Å². The van der Waals surface area contributed by atoms with Crippen LogP contribution in [-0.4, -0.2) is 31.6 Å². The van der Waals surface area contributed by atoms with E-state index in [0.29, 0.717) is 12.5 Å². The molecule has 0 bridgehead atoms. The van der Waals surface area contributed by atoms with Crippen molar-refractivity contribution in [3.8, 4) is 6.07 Å². The predicted octanol–water partition coefficient (Wildman–Crippen LogP) is 2.99. The molecule has 0 aromatic heterocycles. The van der Waals surface area contributed by atoms with E-state index in [1.165, 1.54) is 0 Å². The zero-order chi connectivity index (χ0) is 15.0. The van der Waals surface area contributed by atoms with Crippen molar-refractivity contribution in [3.63, 3.8) is 0 Å². The van der Waals surface area contributed by atoms with Crippen molar-refractivity contribution in [2.45, 2.75) is 32.7 Å². The summed E-state index contributed by atoms with van der Waals surface area (Å²) in [5, 5.41) is 13.1. The minimum atomic E-state index is -0.627. The first-order valence-electron chi connectivity index (χ1n) is 7.48. The highest BCUT2D eigenvalue weighted by Crippen LogP contribution is 2.22. The smallest absolute Gasteiger partial charge is 0.145 e. The molecule has 0 radical (unpaired) electrons. The molecule has 1 aromatic carbocycles. The second-order valence-corrected chi connectivity index (χ2v) is 5.62. The highest BCUT2D eigenvalue weighted by Gasteiger charge is 2.32. The molecule has 0 heterocycles. The van der Waals surface area contributed by atoms with Gasteiger partial charge in [-0.15, -0.1) is 0 Å². The zero-order valence-electron chi connectivity index (χ0n) is 13.2. The summed E-state index contributed by atoms with van der Waals surface area (Å²) in [6, 6.07) is 12.5. The van der Waals surface area contributed by atoms with E-state index in [4.69, 9.17) is 0 Å². The second-order valence-electron chi connectivity index (χ2n) is 5.62. The third-order valence-electron chi connectivity index (χ3n) is 3.76. The lowest BCUT2D eigenvalue weighted by molar-refractivity contribution is 0.223. The highest BCUT2D eigenvalue weighted by atomic mass is 15.1. The van der Waals surface area contributed by atoms with Crippen LogP contribution in [0, 0.1) is 17.2 Å². The molecule has 20 heavy (non-hydrogen) atoms. The summed E-state index contributed by atoms with van der Waals surface area (Å²) in [7, 11) is 2.10. The molecule has 0 saturated heterocycles. The molecule has 0 saturated carbocycles. The molecular formula is C17H27N3. The van der Waals surface area contributed by atoms with Crippen molar-refractivity contribution in [2.75, 3.05) is 26.7 Å². The molecule has 2 unspecified atom stereocenters. The summed E-state index contributed by atoms with van der Waals surface area (Å²) < 4.78 is 0. The summed E-state index contributed by atoms with van der Waals surface area (Å²) in [6.07, 6.45) is 1.16. The molecule has 2 atom stereocenters. The summed E-state index contributed by atoms with van der Waals surface area (Å²) in [5.41, 5.74) is 0.415. The molecular weight excluding hydrogens is 246 g/mol. The Hall–Kier alpha value is -1.37. The Bertz CT molecular complexity index is 424. The lowest BCUT2D eigenvalue weighted by Crippen LogP contribution is -2.50. The van der Waals surface area contributed by atoms with Crippen LogP contribution in [0.1, 0.15) is 32.8 Å². The molecule has 3 heteroatoms. The Labute approximate surface area is 123 Å². The SMILES string of the molecule is CCNC(C#N)(CN(C)CC(C)CC)c1ccccc1. The van der Waals surface area contributed by atoms with E-state index in [1.807, 2.05) is 37.3 Å². The van der Waals surface area contributed by atoms with Crippen LogP contribution < -0.4 is 5.32 Å². The Kier molecular flexibility index (Phi) is 6.70. The van der Waals surface area contributed by atoms with Crippen molar-refractivity contribution in [3.05, 3.63) is 35.9 Å². The second kappa shape index (κ2) is 8.04. The summed E-state index contributed by atoms with van der Waals surface area (Å²) in [5.74, 6) is 0.647. The van der Waals surface area contributed by atoms with Crippen LogP contribution in [0.4, 0.5) is 0 Å². The fourth-order valence-corrected chi connectivity index (χ4v) is 2.54. The van der Waals surface area contributed by atoms with Crippen LogP contribution in [0.3, 0.4) is 0 Å². The Balaban J connectivity index is 2.92. The first-order chi connectivity index (χ1) is 9.57. The standard InChI is InChI=1S/C17H27N3/c1-5-15(3)12-20(4)14-17(13-18,19-6-2)16-10-8-7-9-11-16/h7-11,15,19H,5-6,12,14H2,1-4H3. The molecule has 0 aliphatic heterocycles. The number of rotatable bonds is 8. The molecule has 110 valence electrons. The first-order valence-corrected chi connectivity index (χ1v) is 7.48. The maximum atomic E-state index is 9.76. The maximum Gasteiger partial charge on any atom is 0.145 e. The van der Waals surface area contributed by atoms with E-state index in [9.17, 15) is 5.26 Å². The molecule has 1 rings (SSSR count). The summed E-state index contributed by atoms with van der Waals surface area (Å²) in [6.45, 7) is 8.99. The van der Waals surface area contributed by atoms with Crippen LogP contribution >= 0.6 is 0 Å². The number of hydrogen-bond donors (Lipinski definition) is 1. The van der Waals surface area contributed by atoms with Crippen LogP contribution in [0.5, 0.6) is 0 Å². The monoisotopic (exact) mass is 273 g/mol. The van der Waals surface area contributed by atoms with Gasteiger partial charge in [-0.1, -0.05) is 57.5 Å². The van der Waals surface area contributed by atoms with Gasteiger partial charge in [0, 0.05) is 13.1 Å². The highest BCUT2D eigenvalue weighted by molar-refractivity contribution is 5.32. The average molecular weight is 273 g/mol. The van der Waals surface area contributed by atoms with Gasteiger partial charge in [0.2, 0.25) is 0 Å². The number of likely N-dealkylation sites (N-methyl/N-ethyl adjacent to an activating group) is 2. The first kappa shape index (κ1) is 16.7. The van der Waals surface area contributed by atoms with Gasteiger partial charge in [-0.25, -0.2) is 0 Å². The van der Waals surface area contributed by atoms with E-state index in [2.05, 4.69) is 37.2 Å². The van der Waals surface area contributed by atoms with Gasteiger partial charge in [0.1, 0.15) is 5.54 Å². The molecule has 0 amide bonds. The van der Waals surface area contributed by atoms with Gasteiger partial charge in [0.05, 0.1) is 6.07 Å². The van der Waals surface area contributed by atoms with Gasteiger partial charge in [-0.3, -0.25) is 5.32 Å². The number of benzene rings is 1. The summed E-state index contributed by atoms with van der Waals surface area (Å²) in [4.78, 5) is 2.26. The van der Waals surface area contributed by atoms with Gasteiger partial charge in [0.25, 0.3) is 0 Å². The fraction of sp³-hybridized carbons (Fsp3) is 0.588. The van der Waals surface area contributed by atoms with Crippen LogP contribution in [0.15, 0.2) is 30.3 Å². The fourth-order valence-electron chi connectivity index (χ4n) is 2.54. The Morgan fingerprint density at radius 1 is 1.30 bits per heavy atom. The summed E-state index contributed by atoms with van der Waals surface area (Å²) >= 11 is 0. The number of nitriles is 1. The number of nitrogens with zero attached hydrogens (tertiary/aromatic N) is 2. The normalized spacial score (nSPS) is 15.6. The van der Waals surface area contributed by atoms with Crippen LogP contribution in [-0.2, 0) is 5.54 Å². The minimum Gasteiger partial charge on any atom is -0.303 e. The van der Waals surface area contributed by atoms with E-state index in [-0.39, 0.29) is 0 Å². The quantitative estimate of drug-likeness (QED) is 0.791. The largest absolute Gasteiger partial charge is 0.303 e. The Morgan fingerprint density at radius 2 is 1.95 bits per heavy atom. The zero-order valence-corrected chi connectivity index (χ0v) is 13.2. The average Bonchev–Trinajstić information content (AvgIpc) is 2.47. The third-order valence-corrected chi connectivity index (χ3v) is 3.76. The lowest BCUT2D eigenvalue weighted by Gasteiger charge is -2.33. The minimum absolute atomic E-state index is 0.627. The van der Waals surface area contributed by atoms with E-state index in [0.717, 1.165) is 25.1 Å². The van der Waals surface area contributed by atoms with E-state index >= 15 is 0 Å². The molecule has 1 N–H and O–H groups in total. The van der Waals surface area contributed by atoms with Crippen LogP contribution in [0.25, 0.3) is 0 Å². The van der Waals surface area contributed by atoms with Crippen molar-refractivity contribution >= 4 is 0 Å². The molecule has 0 aliphatic carbocycles. The number of hydrogen-bond acceptors (Lipinski definition) is 3. The van der Waals surface area contributed by atoms with Crippen molar-refractivity contribution in [2.24, 2.45) is 5.92 Å². The van der Waals surface area contributed by atoms with Crippen molar-refractivity contribution in [1.82, 2.24) is 10.2 Å². The number of nitrogens with one attached hydrogen (secondary N) is 1. The van der Waals surface area contributed by atoms with Gasteiger partial charge in [0.15, 0.2) is 0 Å². The maximum absolute atomic E-state index is 9.76. The van der Waals surface area contributed by atoms with Crippen LogP contribution in [0.2, 0.25) is 0 Å². The van der Waals surface area contributed by atoms with Gasteiger partial charge >= 0.3 is 0 Å². The van der Waals surface area contributed by atoms with E-state index < -0.39 is 5.54 Å². The molecule has 0 aliphatic rings. The van der Waals surface area contributed by atoms with Crippen molar-refractivity contribution in [1.29, 1.82) is 5.26 Å². The molecule has 1 aromatic rings. The topological polar surface area (TPSA) is 39.1 Å². The Morgan fingerprint density at radius 3 is 2.45 bits per heavy atom. The lowest BCUT2D eigenvalue weighted by atomic mass is 9.90.